The number of piperidine rings is 1. The third-order valence-electron chi connectivity index (χ3n) is 6.17. The van der Waals surface area contributed by atoms with Crippen LogP contribution in [0.2, 0.25) is 0 Å². The lowest BCUT2D eigenvalue weighted by Gasteiger charge is -2.36. The Kier molecular flexibility index (Phi) is 5.03. The van der Waals surface area contributed by atoms with Gasteiger partial charge in [-0.25, -0.2) is 9.97 Å². The summed E-state index contributed by atoms with van der Waals surface area (Å²) in [5, 5.41) is 0. The molecule has 0 bridgehead atoms. The molecule has 0 spiro atoms. The van der Waals surface area contributed by atoms with Crippen LogP contribution in [-0.2, 0) is 27.3 Å². The van der Waals surface area contributed by atoms with Crippen molar-refractivity contribution >= 4 is 17.7 Å². The van der Waals surface area contributed by atoms with Crippen LogP contribution >= 0.6 is 0 Å². The molecule has 4 rings (SSSR count). The highest BCUT2D eigenvalue weighted by Crippen LogP contribution is 2.32. The average molecular weight is 385 g/mol. The highest BCUT2D eigenvalue weighted by Gasteiger charge is 2.39. The monoisotopic (exact) mass is 385 g/mol. The Morgan fingerprint density at radius 1 is 1.21 bits per heavy atom. The fraction of sp³-hybridized carbons (Fsp3) is 0.650. The number of rotatable bonds is 2. The van der Waals surface area contributed by atoms with Crippen molar-refractivity contribution in [2.75, 3.05) is 26.7 Å². The molecule has 28 heavy (non-hydrogen) atoms. The fourth-order valence-corrected chi connectivity index (χ4v) is 4.49. The number of aromatic nitrogens is 2. The Morgan fingerprint density at radius 3 is 2.75 bits per heavy atom. The molecule has 0 unspecified atom stereocenters. The molecule has 8 heteroatoms. The van der Waals surface area contributed by atoms with Gasteiger partial charge in [0.2, 0.25) is 17.7 Å². The summed E-state index contributed by atoms with van der Waals surface area (Å²) < 4.78 is 0. The van der Waals surface area contributed by atoms with Crippen LogP contribution < -0.4 is 0 Å². The first-order chi connectivity index (χ1) is 13.4. The van der Waals surface area contributed by atoms with E-state index in [4.69, 9.17) is 4.98 Å². The smallest absolute Gasteiger partial charge is 0.228 e. The molecule has 0 aliphatic carbocycles. The van der Waals surface area contributed by atoms with Gasteiger partial charge in [0.05, 0.1) is 17.7 Å². The lowest BCUT2D eigenvalue weighted by molar-refractivity contribution is -0.139. The molecule has 3 amide bonds. The summed E-state index contributed by atoms with van der Waals surface area (Å²) >= 11 is 0. The molecular formula is C20H27N5O3. The number of hydrogen-bond donors (Lipinski definition) is 0. The molecule has 2 fully saturated rings. The van der Waals surface area contributed by atoms with Crippen molar-refractivity contribution in [1.82, 2.24) is 24.7 Å². The minimum absolute atomic E-state index is 0.0342. The van der Waals surface area contributed by atoms with Crippen molar-refractivity contribution in [2.24, 2.45) is 5.92 Å². The molecule has 2 atom stereocenters. The van der Waals surface area contributed by atoms with Crippen LogP contribution in [0, 0.1) is 5.92 Å². The van der Waals surface area contributed by atoms with E-state index < -0.39 is 0 Å². The summed E-state index contributed by atoms with van der Waals surface area (Å²) in [4.78, 5) is 51.3. The number of fused-ring (bicyclic) bond motifs is 1. The molecule has 150 valence electrons. The second kappa shape index (κ2) is 7.48. The molecule has 0 aromatic carbocycles. The van der Waals surface area contributed by atoms with Crippen molar-refractivity contribution in [3.05, 3.63) is 23.3 Å². The molecule has 1 aromatic heterocycles. The summed E-state index contributed by atoms with van der Waals surface area (Å²) in [5.74, 6) is 0.578. The van der Waals surface area contributed by atoms with Gasteiger partial charge in [-0.2, -0.15) is 0 Å². The van der Waals surface area contributed by atoms with Gasteiger partial charge >= 0.3 is 0 Å². The Hall–Kier alpha value is -2.51. The van der Waals surface area contributed by atoms with Gasteiger partial charge in [-0.3, -0.25) is 14.4 Å². The van der Waals surface area contributed by atoms with Crippen LogP contribution in [0.25, 0.3) is 0 Å². The number of carbonyl (C=O) groups is 3. The molecule has 3 aliphatic rings. The van der Waals surface area contributed by atoms with Crippen molar-refractivity contribution in [1.29, 1.82) is 0 Å². The van der Waals surface area contributed by atoms with E-state index in [9.17, 15) is 14.4 Å². The van der Waals surface area contributed by atoms with Gasteiger partial charge in [0.1, 0.15) is 0 Å². The highest BCUT2D eigenvalue weighted by atomic mass is 16.2. The number of nitrogens with zero attached hydrogens (tertiary/aromatic N) is 5. The van der Waals surface area contributed by atoms with E-state index in [0.717, 1.165) is 30.5 Å². The summed E-state index contributed by atoms with van der Waals surface area (Å²) in [6.07, 6.45) is 5.68. The zero-order valence-corrected chi connectivity index (χ0v) is 16.6. The summed E-state index contributed by atoms with van der Waals surface area (Å²) in [6, 6.07) is -0.126. The Balaban J connectivity index is 1.54. The SMILES string of the molecule is CC(=O)N1CCc2nc([C@@H]3CCCCN3C(=O)[C@@H]3CC(=O)N(C)C3)ncc2C1. The molecular weight excluding hydrogens is 358 g/mol. The van der Waals surface area contributed by atoms with Gasteiger partial charge in [-0.15, -0.1) is 0 Å². The third kappa shape index (κ3) is 3.47. The van der Waals surface area contributed by atoms with Crippen molar-refractivity contribution in [3.8, 4) is 0 Å². The maximum Gasteiger partial charge on any atom is 0.228 e. The lowest BCUT2D eigenvalue weighted by atomic mass is 9.97. The van der Waals surface area contributed by atoms with E-state index in [1.54, 1.807) is 23.8 Å². The first-order valence-corrected chi connectivity index (χ1v) is 10.1. The van der Waals surface area contributed by atoms with Gasteiger partial charge in [-0.1, -0.05) is 0 Å². The number of hydrogen-bond acceptors (Lipinski definition) is 5. The number of amides is 3. The van der Waals surface area contributed by atoms with Crippen LogP contribution in [0.15, 0.2) is 6.20 Å². The van der Waals surface area contributed by atoms with Gasteiger partial charge in [0.25, 0.3) is 0 Å². The third-order valence-corrected chi connectivity index (χ3v) is 6.17. The van der Waals surface area contributed by atoms with Crippen LogP contribution in [0.1, 0.15) is 55.7 Å². The van der Waals surface area contributed by atoms with Crippen LogP contribution in [-0.4, -0.2) is 69.1 Å². The molecule has 4 heterocycles. The Bertz CT molecular complexity index is 811. The standard InChI is InChI=1S/C20H27N5O3/c1-13(26)24-8-6-16-15(12-24)10-21-19(22-16)17-5-3-4-7-25(17)20(28)14-9-18(27)23(2)11-14/h10,14,17H,3-9,11-12H2,1-2H3/t14-,17+/m1/s1. The molecule has 2 saturated heterocycles. The van der Waals surface area contributed by atoms with E-state index in [2.05, 4.69) is 4.98 Å². The largest absolute Gasteiger partial charge is 0.345 e. The maximum atomic E-state index is 13.1. The first-order valence-electron chi connectivity index (χ1n) is 10.1. The second-order valence-corrected chi connectivity index (χ2v) is 8.11. The second-order valence-electron chi connectivity index (χ2n) is 8.11. The predicted molar refractivity (Wildman–Crippen MR) is 101 cm³/mol. The van der Waals surface area contributed by atoms with Crippen molar-refractivity contribution in [2.45, 2.75) is 51.6 Å². The van der Waals surface area contributed by atoms with E-state index >= 15 is 0 Å². The van der Waals surface area contributed by atoms with Crippen LogP contribution in [0.4, 0.5) is 0 Å². The van der Waals surface area contributed by atoms with Crippen molar-refractivity contribution in [3.63, 3.8) is 0 Å². The van der Waals surface area contributed by atoms with E-state index in [0.29, 0.717) is 44.8 Å². The summed E-state index contributed by atoms with van der Waals surface area (Å²) in [5.41, 5.74) is 1.97. The Morgan fingerprint density at radius 2 is 2.04 bits per heavy atom. The molecule has 0 N–H and O–H groups in total. The van der Waals surface area contributed by atoms with Gasteiger partial charge in [-0.05, 0) is 19.3 Å². The minimum Gasteiger partial charge on any atom is -0.345 e. The first kappa shape index (κ1) is 18.8. The average Bonchev–Trinajstić information content (AvgIpc) is 3.05. The molecule has 8 nitrogen and oxygen atoms in total. The molecule has 1 aromatic rings. The zero-order valence-electron chi connectivity index (χ0n) is 16.6. The van der Waals surface area contributed by atoms with Crippen LogP contribution in [0.5, 0.6) is 0 Å². The minimum atomic E-state index is -0.264. The molecule has 0 radical (unpaired) electrons. The fourth-order valence-electron chi connectivity index (χ4n) is 4.49. The van der Waals surface area contributed by atoms with Gasteiger partial charge < -0.3 is 14.7 Å². The van der Waals surface area contributed by atoms with Gasteiger partial charge in [0, 0.05) is 64.8 Å². The van der Waals surface area contributed by atoms with Crippen LogP contribution in [0.3, 0.4) is 0 Å². The topological polar surface area (TPSA) is 86.7 Å². The quantitative estimate of drug-likeness (QED) is 0.755. The predicted octanol–water partition coefficient (Wildman–Crippen LogP) is 0.913. The normalized spacial score (nSPS) is 25.1. The van der Waals surface area contributed by atoms with Gasteiger partial charge in [0.15, 0.2) is 5.82 Å². The molecule has 3 aliphatic heterocycles. The molecule has 0 saturated carbocycles. The van der Waals surface area contributed by atoms with E-state index in [1.165, 1.54) is 0 Å². The maximum absolute atomic E-state index is 13.1. The summed E-state index contributed by atoms with van der Waals surface area (Å²) in [7, 11) is 1.75. The van der Waals surface area contributed by atoms with E-state index in [-0.39, 0.29) is 29.7 Å². The lowest BCUT2D eigenvalue weighted by Crippen LogP contribution is -2.43. The van der Waals surface area contributed by atoms with Crippen molar-refractivity contribution < 1.29 is 14.4 Å². The zero-order chi connectivity index (χ0) is 19.8. The Labute approximate surface area is 164 Å². The number of carbonyl (C=O) groups excluding carboxylic acids is 3. The summed E-state index contributed by atoms with van der Waals surface area (Å²) in [6.45, 7) is 3.98. The highest BCUT2D eigenvalue weighted by molar-refractivity contribution is 5.89. The number of likely N-dealkylation sites (tertiary alicyclic amines) is 2. The van der Waals surface area contributed by atoms with E-state index in [1.807, 2.05) is 11.1 Å².